The number of para-hydroxylation sites is 1. The zero-order valence-electron chi connectivity index (χ0n) is 25.1. The van der Waals surface area contributed by atoms with Crippen molar-refractivity contribution in [2.45, 2.75) is 65.0 Å². The monoisotopic (exact) mass is 610 g/mol. The molecule has 0 saturated heterocycles. The number of carbonyl (C=O) groups is 6. The van der Waals surface area contributed by atoms with Gasteiger partial charge in [0.25, 0.3) is 0 Å². The van der Waals surface area contributed by atoms with Gasteiger partial charge in [-0.1, -0.05) is 38.0 Å². The summed E-state index contributed by atoms with van der Waals surface area (Å²) in [4.78, 5) is 74.7. The van der Waals surface area contributed by atoms with Gasteiger partial charge in [0.1, 0.15) is 11.6 Å². The van der Waals surface area contributed by atoms with Crippen LogP contribution in [0.4, 0.5) is 16.2 Å². The van der Waals surface area contributed by atoms with Gasteiger partial charge >= 0.3 is 23.9 Å². The number of nitrogens with two attached hydrogens (primary N) is 1. The van der Waals surface area contributed by atoms with Crippen LogP contribution < -0.4 is 21.3 Å². The van der Waals surface area contributed by atoms with Gasteiger partial charge in [0, 0.05) is 19.0 Å². The number of hydrogen-bond acceptors (Lipinski definition) is 7. The molecule has 1 atom stereocenters. The molecule has 6 N–H and O–H groups in total. The minimum Gasteiger partial charge on any atom is -0.478 e. The van der Waals surface area contributed by atoms with Gasteiger partial charge in [-0.05, 0) is 68.7 Å². The molecule has 0 aliphatic rings. The summed E-state index contributed by atoms with van der Waals surface area (Å²) in [6, 6.07) is 8.53. The van der Waals surface area contributed by atoms with E-state index in [0.717, 1.165) is 25.3 Å². The van der Waals surface area contributed by atoms with E-state index in [1.807, 2.05) is 6.92 Å². The predicted octanol–water partition coefficient (Wildman–Crippen LogP) is 3.37. The molecule has 0 radical (unpaired) electrons. The Morgan fingerprint density at radius 1 is 1.00 bits per heavy atom. The third kappa shape index (κ3) is 10.6. The molecule has 2 rings (SSSR count). The number of nitrogens with one attached hydrogen (secondary N) is 2. The Bertz CT molecular complexity index is 1430. The molecular weight excluding hydrogens is 572 g/mol. The maximum absolute atomic E-state index is 13.1. The Morgan fingerprint density at radius 3 is 2.27 bits per heavy atom. The van der Waals surface area contributed by atoms with Gasteiger partial charge in [0.2, 0.25) is 11.8 Å². The molecule has 0 aliphatic carbocycles. The lowest BCUT2D eigenvalue weighted by Gasteiger charge is -2.26. The van der Waals surface area contributed by atoms with E-state index in [0.29, 0.717) is 17.0 Å². The van der Waals surface area contributed by atoms with E-state index in [1.54, 1.807) is 20.8 Å². The number of nitrogens with zero attached hydrogens (tertiary/aromatic N) is 1. The standard InChI is InChI=1S/C31H38N4O9/c1-5-6-9-16-33-26(37)22(34-30(43)44-31(2,3)4)18-19-12-14-23(20(17-19)13-15-25(32)36)35(27(38)29(41)42)24-11-8-7-10-21(24)28(39)40/h7-8,10-15,17,22H,5-6,9,16,18H2,1-4H3,(H2,32,36)(H,33,37)(H,34,43)(H,39,40)(H,41,42)/b15-13+. The first-order valence-electron chi connectivity index (χ1n) is 13.9. The first-order valence-corrected chi connectivity index (χ1v) is 13.9. The van der Waals surface area contributed by atoms with Crippen LogP contribution in [-0.4, -0.2) is 64.2 Å². The van der Waals surface area contributed by atoms with E-state index in [1.165, 1.54) is 48.5 Å². The summed E-state index contributed by atoms with van der Waals surface area (Å²) in [7, 11) is 0. The van der Waals surface area contributed by atoms with Crippen LogP contribution in [0.3, 0.4) is 0 Å². The number of aliphatic carboxylic acids is 1. The number of rotatable bonds is 13. The number of carboxylic acid groups (broad SMARTS) is 2. The van der Waals surface area contributed by atoms with E-state index >= 15 is 0 Å². The van der Waals surface area contributed by atoms with Gasteiger partial charge in [-0.25, -0.2) is 14.4 Å². The number of carbonyl (C=O) groups excluding carboxylic acids is 4. The Hall–Kier alpha value is -5.20. The first kappa shape index (κ1) is 35.0. The molecular formula is C31H38N4O9. The van der Waals surface area contributed by atoms with Crippen LogP contribution in [0.5, 0.6) is 0 Å². The lowest BCUT2D eigenvalue weighted by molar-refractivity contribution is -0.148. The molecule has 0 spiro atoms. The number of benzene rings is 2. The molecule has 0 bridgehead atoms. The number of ether oxygens (including phenoxy) is 1. The van der Waals surface area contributed by atoms with Gasteiger partial charge in [0.15, 0.2) is 0 Å². The maximum atomic E-state index is 13.1. The summed E-state index contributed by atoms with van der Waals surface area (Å²) in [5.74, 6) is -6.05. The van der Waals surface area contributed by atoms with Crippen molar-refractivity contribution in [1.82, 2.24) is 10.6 Å². The molecule has 13 nitrogen and oxygen atoms in total. The fraction of sp³-hybridized carbons (Fsp3) is 0.355. The molecule has 0 saturated carbocycles. The van der Waals surface area contributed by atoms with Gasteiger partial charge in [-0.3, -0.25) is 19.3 Å². The summed E-state index contributed by atoms with van der Waals surface area (Å²) in [6.45, 7) is 7.44. The topological polar surface area (TPSA) is 205 Å². The number of alkyl carbamates (subject to hydrolysis) is 1. The number of unbranched alkanes of at least 4 members (excludes halogenated alkanes) is 2. The number of hydrogen-bond donors (Lipinski definition) is 5. The average molecular weight is 611 g/mol. The molecule has 13 heteroatoms. The molecule has 2 aromatic rings. The van der Waals surface area contributed by atoms with E-state index in [9.17, 15) is 39.0 Å². The molecule has 0 aromatic heterocycles. The van der Waals surface area contributed by atoms with E-state index < -0.39 is 47.4 Å². The minimum absolute atomic E-state index is 0.0604. The third-order valence-electron chi connectivity index (χ3n) is 6.05. The van der Waals surface area contributed by atoms with Crippen LogP contribution in [-0.2, 0) is 30.3 Å². The summed E-state index contributed by atoms with van der Waals surface area (Å²) in [6.07, 6.45) is 3.91. The number of primary amides is 1. The highest BCUT2D eigenvalue weighted by molar-refractivity contribution is 6.39. The van der Waals surface area contributed by atoms with Crippen molar-refractivity contribution in [3.63, 3.8) is 0 Å². The summed E-state index contributed by atoms with van der Waals surface area (Å²) >= 11 is 0. The summed E-state index contributed by atoms with van der Waals surface area (Å²) in [5, 5.41) is 24.7. The Morgan fingerprint density at radius 2 is 1.68 bits per heavy atom. The lowest BCUT2D eigenvalue weighted by Crippen LogP contribution is -2.49. The van der Waals surface area contributed by atoms with Crippen molar-refractivity contribution in [2.75, 3.05) is 11.4 Å². The van der Waals surface area contributed by atoms with Crippen LogP contribution in [0.1, 0.15) is 68.4 Å². The highest BCUT2D eigenvalue weighted by Crippen LogP contribution is 2.33. The normalized spacial score (nSPS) is 11.8. The fourth-order valence-corrected chi connectivity index (χ4v) is 4.14. The second-order valence-electron chi connectivity index (χ2n) is 10.8. The van der Waals surface area contributed by atoms with E-state index in [2.05, 4.69) is 10.6 Å². The van der Waals surface area contributed by atoms with Crippen molar-refractivity contribution in [2.24, 2.45) is 5.73 Å². The Labute approximate surface area is 255 Å². The van der Waals surface area contributed by atoms with E-state index in [-0.39, 0.29) is 28.9 Å². The molecule has 4 amide bonds. The SMILES string of the molecule is CCCCCNC(=O)C(Cc1ccc(N(C(=O)C(=O)O)c2ccccc2C(=O)O)c(/C=C/C(N)=O)c1)NC(=O)OC(C)(C)C. The molecule has 2 aromatic carbocycles. The third-order valence-corrected chi connectivity index (χ3v) is 6.05. The highest BCUT2D eigenvalue weighted by Gasteiger charge is 2.30. The Balaban J connectivity index is 2.62. The predicted molar refractivity (Wildman–Crippen MR) is 162 cm³/mol. The number of carboxylic acids is 2. The lowest BCUT2D eigenvalue weighted by atomic mass is 9.99. The highest BCUT2D eigenvalue weighted by atomic mass is 16.6. The second kappa shape index (κ2) is 15.9. The van der Waals surface area contributed by atoms with Gasteiger partial charge in [-0.15, -0.1) is 0 Å². The quantitative estimate of drug-likeness (QED) is 0.128. The molecule has 44 heavy (non-hydrogen) atoms. The second-order valence-corrected chi connectivity index (χ2v) is 10.8. The van der Waals surface area contributed by atoms with Gasteiger partial charge in [-0.2, -0.15) is 0 Å². The van der Waals surface area contributed by atoms with Crippen molar-refractivity contribution >= 4 is 53.2 Å². The minimum atomic E-state index is -1.86. The van der Waals surface area contributed by atoms with Crippen LogP contribution in [0.15, 0.2) is 48.5 Å². The average Bonchev–Trinajstić information content (AvgIpc) is 2.93. The van der Waals surface area contributed by atoms with Crippen molar-refractivity contribution in [3.05, 3.63) is 65.2 Å². The van der Waals surface area contributed by atoms with Crippen LogP contribution in [0, 0.1) is 0 Å². The zero-order valence-corrected chi connectivity index (χ0v) is 25.1. The smallest absolute Gasteiger partial charge is 0.408 e. The number of anilines is 2. The maximum Gasteiger partial charge on any atom is 0.408 e. The van der Waals surface area contributed by atoms with Gasteiger partial charge < -0.3 is 31.3 Å². The zero-order chi connectivity index (χ0) is 33.0. The van der Waals surface area contributed by atoms with Crippen LogP contribution >= 0.6 is 0 Å². The van der Waals surface area contributed by atoms with Gasteiger partial charge in [0.05, 0.1) is 16.9 Å². The van der Waals surface area contributed by atoms with Crippen molar-refractivity contribution in [1.29, 1.82) is 0 Å². The van der Waals surface area contributed by atoms with Crippen molar-refractivity contribution < 1.29 is 43.7 Å². The van der Waals surface area contributed by atoms with Crippen LogP contribution in [0.25, 0.3) is 6.08 Å². The molecule has 236 valence electrons. The van der Waals surface area contributed by atoms with E-state index in [4.69, 9.17) is 10.5 Å². The largest absolute Gasteiger partial charge is 0.478 e. The first-order chi connectivity index (χ1) is 20.6. The number of amides is 4. The molecule has 0 heterocycles. The summed E-state index contributed by atoms with van der Waals surface area (Å²) in [5.41, 5.74) is 4.35. The van der Waals surface area contributed by atoms with Crippen molar-refractivity contribution in [3.8, 4) is 0 Å². The Kier molecular flexibility index (Phi) is 12.6. The molecule has 0 aliphatic heterocycles. The summed E-state index contributed by atoms with van der Waals surface area (Å²) < 4.78 is 5.33. The molecule has 1 unspecified atom stereocenters. The molecule has 0 fully saturated rings. The van der Waals surface area contributed by atoms with Crippen LogP contribution in [0.2, 0.25) is 0 Å². The fourth-order valence-electron chi connectivity index (χ4n) is 4.14. The number of aromatic carboxylic acids is 1.